The summed E-state index contributed by atoms with van der Waals surface area (Å²) in [6, 6.07) is 1.87. The monoisotopic (exact) mass is 585 g/mol. The van der Waals surface area contributed by atoms with Gasteiger partial charge in [-0.2, -0.15) is 18.3 Å². The van der Waals surface area contributed by atoms with Crippen LogP contribution in [0.15, 0.2) is 23.2 Å². The van der Waals surface area contributed by atoms with Crippen molar-refractivity contribution in [3.05, 3.63) is 34.9 Å². The van der Waals surface area contributed by atoms with Gasteiger partial charge in [0.15, 0.2) is 16.7 Å². The van der Waals surface area contributed by atoms with E-state index in [1.165, 1.54) is 4.68 Å². The van der Waals surface area contributed by atoms with E-state index in [4.69, 9.17) is 21.4 Å². The molecule has 1 aliphatic heterocycles. The van der Waals surface area contributed by atoms with Crippen molar-refractivity contribution < 1.29 is 50.1 Å². The second kappa shape index (κ2) is 10.6. The topological polar surface area (TPSA) is 128 Å². The smallest absolute Gasteiger partial charge is 0.427 e. The Morgan fingerprint density at radius 2 is 1.95 bits per heavy atom. The third-order valence-electron chi connectivity index (χ3n) is 5.66. The molecule has 3 rings (SSSR count). The Hall–Kier alpha value is -3.07. The van der Waals surface area contributed by atoms with E-state index in [0.717, 1.165) is 22.6 Å². The molecule has 38 heavy (non-hydrogen) atoms. The van der Waals surface area contributed by atoms with Gasteiger partial charge in [0.25, 0.3) is 10.0 Å². The first-order valence-electron chi connectivity index (χ1n) is 11.2. The molecule has 0 unspecified atom stereocenters. The van der Waals surface area contributed by atoms with Gasteiger partial charge in [-0.3, -0.25) is 18.6 Å². The van der Waals surface area contributed by atoms with Crippen LogP contribution in [0.2, 0.25) is 5.15 Å². The highest BCUT2D eigenvalue weighted by molar-refractivity contribution is 7.93. The minimum absolute atomic E-state index is 0.164. The van der Waals surface area contributed by atoms with Crippen LogP contribution in [0, 0.1) is 5.82 Å². The quantitative estimate of drug-likeness (QED) is 0.346. The number of carboxylic acid groups (broad SMARTS) is 1. The van der Waals surface area contributed by atoms with Crippen LogP contribution < -0.4 is 9.04 Å². The minimum atomic E-state index is -4.87. The van der Waals surface area contributed by atoms with Crippen LogP contribution in [0.4, 0.5) is 23.2 Å². The van der Waals surface area contributed by atoms with Gasteiger partial charge in [0.1, 0.15) is 11.0 Å². The lowest BCUT2D eigenvalue weighted by Gasteiger charge is -2.35. The molecule has 0 aliphatic carbocycles. The molecule has 0 radical (unpaired) electrons. The van der Waals surface area contributed by atoms with E-state index >= 15 is 4.39 Å². The number of benzene rings is 1. The van der Waals surface area contributed by atoms with Gasteiger partial charge in [0, 0.05) is 19.2 Å². The molecule has 0 bridgehead atoms. The molecule has 0 saturated heterocycles. The Balaban J connectivity index is 2.04. The molecular formula is C22H24ClF4N3O7S. The van der Waals surface area contributed by atoms with Crippen LogP contribution in [-0.4, -0.2) is 59.7 Å². The number of fused-ring (bicyclic) bond motifs is 1. The van der Waals surface area contributed by atoms with Crippen molar-refractivity contribution in [1.29, 1.82) is 0 Å². The maximum atomic E-state index is 15.1. The molecule has 0 amide bonds. The third-order valence-corrected chi connectivity index (χ3v) is 7.84. The average Bonchev–Trinajstić information content (AvgIpc) is 3.17. The summed E-state index contributed by atoms with van der Waals surface area (Å²) in [5, 5.41) is 12.5. The van der Waals surface area contributed by atoms with E-state index in [-0.39, 0.29) is 29.4 Å². The molecule has 1 N–H and O–H groups in total. The zero-order chi connectivity index (χ0) is 28.6. The van der Waals surface area contributed by atoms with E-state index in [1.807, 2.05) is 0 Å². The van der Waals surface area contributed by atoms with Gasteiger partial charge in [-0.25, -0.2) is 12.8 Å². The Morgan fingerprint density at radius 1 is 1.29 bits per heavy atom. The number of esters is 1. The summed E-state index contributed by atoms with van der Waals surface area (Å²) in [5.74, 6) is -4.17. The van der Waals surface area contributed by atoms with E-state index in [2.05, 4.69) is 9.84 Å². The zero-order valence-corrected chi connectivity index (χ0v) is 22.0. The third kappa shape index (κ3) is 6.14. The van der Waals surface area contributed by atoms with Crippen molar-refractivity contribution in [2.75, 3.05) is 10.8 Å². The summed E-state index contributed by atoms with van der Waals surface area (Å²) in [4.78, 5) is 22.9. The molecule has 0 spiro atoms. The maximum absolute atomic E-state index is 15.1. The predicted octanol–water partition coefficient (Wildman–Crippen LogP) is 3.94. The van der Waals surface area contributed by atoms with Crippen molar-refractivity contribution in [2.45, 2.75) is 69.4 Å². The van der Waals surface area contributed by atoms with E-state index < -0.39 is 75.7 Å². The number of halogens is 5. The number of nitrogens with zero attached hydrogens (tertiary/aromatic N) is 3. The largest absolute Gasteiger partial charge is 0.483 e. The number of sulfonamides is 1. The number of alkyl halides is 3. The van der Waals surface area contributed by atoms with Gasteiger partial charge in [-0.15, -0.1) is 0 Å². The normalized spacial score (nSPS) is 16.1. The second-order valence-corrected chi connectivity index (χ2v) is 11.1. The number of rotatable bonds is 9. The van der Waals surface area contributed by atoms with Crippen molar-refractivity contribution in [3.63, 3.8) is 0 Å². The molecule has 1 aliphatic rings. The Kier molecular flexibility index (Phi) is 8.22. The standard InChI is InChI=1S/C22H24ClF4N3O7S/c1-4-29-11-16(20(23)28-29)38(34,35)30-10-13(5-6-17(31)32)36-19-14(24)7-12(8-15(19)30)9-18(33)37-21(2,3)22(25,26)27/h7-8,11,13H,4-6,9-10H2,1-3H3,(H,31,32)/t13-/m0/s1. The Morgan fingerprint density at radius 3 is 2.50 bits per heavy atom. The highest BCUT2D eigenvalue weighted by Crippen LogP contribution is 2.42. The van der Waals surface area contributed by atoms with Crippen LogP contribution in [-0.2, 0) is 37.3 Å². The average molecular weight is 586 g/mol. The first kappa shape index (κ1) is 29.5. The fourth-order valence-corrected chi connectivity index (χ4v) is 5.51. The summed E-state index contributed by atoms with van der Waals surface area (Å²) in [7, 11) is -4.52. The molecule has 2 aromatic rings. The lowest BCUT2D eigenvalue weighted by molar-refractivity contribution is -0.257. The number of hydrogen-bond acceptors (Lipinski definition) is 7. The van der Waals surface area contributed by atoms with Crippen molar-refractivity contribution >= 4 is 39.3 Å². The molecule has 1 aromatic heterocycles. The second-order valence-electron chi connectivity index (χ2n) is 8.93. The summed E-state index contributed by atoms with van der Waals surface area (Å²) in [6.45, 7) is 2.83. The van der Waals surface area contributed by atoms with Crippen LogP contribution in [0.3, 0.4) is 0 Å². The molecule has 210 valence electrons. The molecule has 10 nitrogen and oxygen atoms in total. The van der Waals surface area contributed by atoms with Gasteiger partial charge < -0.3 is 14.6 Å². The number of aliphatic carboxylic acids is 1. The van der Waals surface area contributed by atoms with Crippen LogP contribution >= 0.6 is 11.6 Å². The molecule has 1 atom stereocenters. The fraction of sp³-hybridized carbons (Fsp3) is 0.500. The lowest BCUT2D eigenvalue weighted by atomic mass is 10.1. The molecule has 0 fully saturated rings. The van der Waals surface area contributed by atoms with Gasteiger partial charge in [-0.1, -0.05) is 11.6 Å². The summed E-state index contributed by atoms with van der Waals surface area (Å²) in [5.41, 5.74) is -3.36. The van der Waals surface area contributed by atoms with Crippen molar-refractivity contribution in [1.82, 2.24) is 9.78 Å². The number of ether oxygens (including phenoxy) is 2. The number of hydrogen-bond donors (Lipinski definition) is 1. The van der Waals surface area contributed by atoms with Gasteiger partial charge in [-0.05, 0) is 44.9 Å². The molecular weight excluding hydrogens is 562 g/mol. The summed E-state index contributed by atoms with van der Waals surface area (Å²) < 4.78 is 93.7. The van der Waals surface area contributed by atoms with E-state index in [1.54, 1.807) is 6.92 Å². The highest BCUT2D eigenvalue weighted by atomic mass is 35.5. The number of carbonyl (C=O) groups excluding carboxylic acids is 1. The fourth-order valence-electron chi connectivity index (χ4n) is 3.57. The predicted molar refractivity (Wildman–Crippen MR) is 125 cm³/mol. The Labute approximate surface area is 220 Å². The zero-order valence-electron chi connectivity index (χ0n) is 20.4. The first-order valence-corrected chi connectivity index (χ1v) is 13.0. The molecule has 16 heteroatoms. The molecule has 2 heterocycles. The van der Waals surface area contributed by atoms with Gasteiger partial charge in [0.2, 0.25) is 5.60 Å². The number of carboxylic acids is 1. The van der Waals surface area contributed by atoms with Gasteiger partial charge in [0.05, 0.1) is 18.7 Å². The number of carbonyl (C=O) groups is 2. The summed E-state index contributed by atoms with van der Waals surface area (Å²) >= 11 is 6.05. The van der Waals surface area contributed by atoms with Gasteiger partial charge >= 0.3 is 18.1 Å². The summed E-state index contributed by atoms with van der Waals surface area (Å²) in [6.07, 6.45) is -6.14. The number of aryl methyl sites for hydroxylation is 1. The number of anilines is 1. The van der Waals surface area contributed by atoms with Crippen molar-refractivity contribution in [2.24, 2.45) is 0 Å². The number of aromatic nitrogens is 2. The van der Waals surface area contributed by atoms with Crippen LogP contribution in [0.25, 0.3) is 0 Å². The van der Waals surface area contributed by atoms with E-state index in [9.17, 15) is 31.2 Å². The minimum Gasteiger partial charge on any atom is -0.483 e. The van der Waals surface area contributed by atoms with Crippen molar-refractivity contribution in [3.8, 4) is 5.75 Å². The lowest BCUT2D eigenvalue weighted by Crippen LogP contribution is -2.44. The first-order chi connectivity index (χ1) is 17.5. The highest BCUT2D eigenvalue weighted by Gasteiger charge is 2.50. The molecule has 0 saturated carbocycles. The molecule has 1 aromatic carbocycles. The maximum Gasteiger partial charge on any atom is 0.427 e. The van der Waals surface area contributed by atoms with E-state index in [0.29, 0.717) is 13.8 Å². The van der Waals surface area contributed by atoms with Crippen LogP contribution in [0.5, 0.6) is 5.75 Å². The SMILES string of the molecule is CCn1cc(S(=O)(=O)N2C[C@H](CCC(=O)O)Oc3c(F)cc(CC(=O)OC(C)(C)C(F)(F)F)cc32)c(Cl)n1. The Bertz CT molecular complexity index is 1350. The van der Waals surface area contributed by atoms with Crippen LogP contribution in [0.1, 0.15) is 39.2 Å².